The first-order valence-electron chi connectivity index (χ1n) is 7.39. The molecule has 2 rings (SSSR count). The van der Waals surface area contributed by atoms with Crippen LogP contribution in [-0.2, 0) is 9.53 Å². The molecular formula is C18H21NO3. The lowest BCUT2D eigenvalue weighted by Crippen LogP contribution is -2.27. The van der Waals surface area contributed by atoms with Crippen LogP contribution in [0.1, 0.15) is 25.5 Å². The zero-order valence-corrected chi connectivity index (χ0v) is 12.8. The summed E-state index contributed by atoms with van der Waals surface area (Å²) in [5.41, 5.74) is 1.55. The van der Waals surface area contributed by atoms with E-state index in [4.69, 9.17) is 4.74 Å². The lowest BCUT2D eigenvalue weighted by Gasteiger charge is -2.25. The van der Waals surface area contributed by atoms with Gasteiger partial charge < -0.3 is 15.2 Å². The molecule has 0 aliphatic carbocycles. The second-order valence-electron chi connectivity index (χ2n) is 5.09. The van der Waals surface area contributed by atoms with E-state index in [1.165, 1.54) is 0 Å². The summed E-state index contributed by atoms with van der Waals surface area (Å²) in [6.45, 7) is 3.96. The van der Waals surface area contributed by atoms with Crippen LogP contribution in [0.5, 0.6) is 5.75 Å². The van der Waals surface area contributed by atoms with E-state index in [1.54, 1.807) is 25.1 Å². The molecule has 4 heteroatoms. The lowest BCUT2D eigenvalue weighted by atomic mass is 9.94. The molecule has 22 heavy (non-hydrogen) atoms. The molecular weight excluding hydrogens is 278 g/mol. The quantitative estimate of drug-likeness (QED) is 0.630. The molecule has 0 radical (unpaired) electrons. The number of nitrogens with one attached hydrogen (secondary N) is 1. The number of phenolic OH excluding ortho intramolecular Hbond substituents is 1. The third-order valence-electron chi connectivity index (χ3n) is 3.53. The SMILES string of the molecule is CCOC(=O)[C@@H](C)[C@@H](Nc1ccccc1O)c1ccccc1. The Labute approximate surface area is 130 Å². The number of para-hydroxylation sites is 2. The molecule has 0 aliphatic rings. The number of rotatable bonds is 6. The van der Waals surface area contributed by atoms with Gasteiger partial charge in [0.05, 0.1) is 24.3 Å². The summed E-state index contributed by atoms with van der Waals surface area (Å²) in [7, 11) is 0. The Morgan fingerprint density at radius 2 is 1.77 bits per heavy atom. The first kappa shape index (κ1) is 15.9. The van der Waals surface area contributed by atoms with E-state index < -0.39 is 0 Å². The molecule has 0 heterocycles. The van der Waals surface area contributed by atoms with Crippen molar-refractivity contribution in [1.82, 2.24) is 0 Å². The maximum atomic E-state index is 12.1. The molecule has 0 unspecified atom stereocenters. The molecule has 0 saturated carbocycles. The average molecular weight is 299 g/mol. The van der Waals surface area contributed by atoms with Crippen molar-refractivity contribution in [2.75, 3.05) is 11.9 Å². The molecule has 0 amide bonds. The predicted octanol–water partition coefficient (Wildman–Crippen LogP) is 3.74. The number of benzene rings is 2. The fourth-order valence-corrected chi connectivity index (χ4v) is 2.33. The molecule has 2 aromatic carbocycles. The van der Waals surface area contributed by atoms with Gasteiger partial charge >= 0.3 is 5.97 Å². The average Bonchev–Trinajstić information content (AvgIpc) is 2.54. The predicted molar refractivity (Wildman–Crippen MR) is 86.7 cm³/mol. The van der Waals surface area contributed by atoms with Crippen LogP contribution in [-0.4, -0.2) is 17.7 Å². The van der Waals surface area contributed by atoms with Crippen LogP contribution in [0.4, 0.5) is 5.69 Å². The monoisotopic (exact) mass is 299 g/mol. The summed E-state index contributed by atoms with van der Waals surface area (Å²) in [6, 6.07) is 16.4. The summed E-state index contributed by atoms with van der Waals surface area (Å²) in [6.07, 6.45) is 0. The molecule has 2 atom stereocenters. The maximum absolute atomic E-state index is 12.1. The van der Waals surface area contributed by atoms with Crippen LogP contribution in [0.15, 0.2) is 54.6 Å². The molecule has 2 N–H and O–H groups in total. The number of carbonyl (C=O) groups excluding carboxylic acids is 1. The van der Waals surface area contributed by atoms with Crippen molar-refractivity contribution in [1.29, 1.82) is 0 Å². The van der Waals surface area contributed by atoms with Crippen molar-refractivity contribution >= 4 is 11.7 Å². The molecule has 0 spiro atoms. The highest BCUT2D eigenvalue weighted by atomic mass is 16.5. The number of aromatic hydroxyl groups is 1. The summed E-state index contributed by atoms with van der Waals surface area (Å²) in [5.74, 6) is -0.499. The zero-order valence-electron chi connectivity index (χ0n) is 12.8. The fraction of sp³-hybridized carbons (Fsp3) is 0.278. The smallest absolute Gasteiger partial charge is 0.311 e. The Balaban J connectivity index is 2.30. The van der Waals surface area contributed by atoms with E-state index in [0.717, 1.165) is 5.56 Å². The van der Waals surface area contributed by atoms with Gasteiger partial charge in [0.2, 0.25) is 0 Å². The van der Waals surface area contributed by atoms with Gasteiger partial charge in [0.15, 0.2) is 0 Å². The van der Waals surface area contributed by atoms with E-state index in [1.807, 2.05) is 43.3 Å². The summed E-state index contributed by atoms with van der Waals surface area (Å²) >= 11 is 0. The Morgan fingerprint density at radius 3 is 2.41 bits per heavy atom. The van der Waals surface area contributed by atoms with Crippen molar-refractivity contribution in [3.05, 3.63) is 60.2 Å². The number of anilines is 1. The summed E-state index contributed by atoms with van der Waals surface area (Å²) in [5, 5.41) is 13.2. The molecule has 0 aliphatic heterocycles. The van der Waals surface area contributed by atoms with Gasteiger partial charge in [-0.3, -0.25) is 4.79 Å². The van der Waals surface area contributed by atoms with E-state index in [9.17, 15) is 9.90 Å². The number of carbonyl (C=O) groups is 1. The van der Waals surface area contributed by atoms with E-state index in [2.05, 4.69) is 5.32 Å². The van der Waals surface area contributed by atoms with Crippen molar-refractivity contribution in [3.8, 4) is 5.75 Å². The Hall–Kier alpha value is -2.49. The van der Waals surface area contributed by atoms with Crippen LogP contribution >= 0.6 is 0 Å². The van der Waals surface area contributed by atoms with E-state index in [0.29, 0.717) is 12.3 Å². The van der Waals surface area contributed by atoms with Crippen LogP contribution in [0.3, 0.4) is 0 Å². The first-order valence-corrected chi connectivity index (χ1v) is 7.39. The Kier molecular flexibility index (Phi) is 5.42. The van der Waals surface area contributed by atoms with Crippen LogP contribution in [0.25, 0.3) is 0 Å². The van der Waals surface area contributed by atoms with Gasteiger partial charge in [0, 0.05) is 0 Å². The number of hydrogen-bond acceptors (Lipinski definition) is 4. The number of phenols is 1. The van der Waals surface area contributed by atoms with Crippen LogP contribution in [0, 0.1) is 5.92 Å². The molecule has 0 aromatic heterocycles. The van der Waals surface area contributed by atoms with Crippen LogP contribution < -0.4 is 5.32 Å². The highest BCUT2D eigenvalue weighted by Crippen LogP contribution is 2.31. The highest BCUT2D eigenvalue weighted by Gasteiger charge is 2.27. The molecule has 0 fully saturated rings. The number of ether oxygens (including phenoxy) is 1. The fourth-order valence-electron chi connectivity index (χ4n) is 2.33. The van der Waals surface area contributed by atoms with Gasteiger partial charge in [-0.2, -0.15) is 0 Å². The lowest BCUT2D eigenvalue weighted by molar-refractivity contribution is -0.147. The van der Waals surface area contributed by atoms with Crippen molar-refractivity contribution < 1.29 is 14.6 Å². The van der Waals surface area contributed by atoms with Gasteiger partial charge in [-0.05, 0) is 31.5 Å². The molecule has 4 nitrogen and oxygen atoms in total. The Morgan fingerprint density at radius 1 is 1.14 bits per heavy atom. The standard InChI is InChI=1S/C18H21NO3/c1-3-22-18(21)13(2)17(14-9-5-4-6-10-14)19-15-11-7-8-12-16(15)20/h4-13,17,19-20H,3H2,1-2H3/t13-,17+/m0/s1. The van der Waals surface area contributed by atoms with Crippen molar-refractivity contribution in [3.63, 3.8) is 0 Å². The van der Waals surface area contributed by atoms with Gasteiger partial charge in [-0.15, -0.1) is 0 Å². The maximum Gasteiger partial charge on any atom is 0.311 e. The summed E-state index contributed by atoms with van der Waals surface area (Å²) < 4.78 is 5.13. The van der Waals surface area contributed by atoms with Crippen LogP contribution in [0.2, 0.25) is 0 Å². The van der Waals surface area contributed by atoms with Gasteiger partial charge in [-0.1, -0.05) is 42.5 Å². The first-order chi connectivity index (χ1) is 10.6. The minimum Gasteiger partial charge on any atom is -0.506 e. The highest BCUT2D eigenvalue weighted by molar-refractivity contribution is 5.74. The second-order valence-corrected chi connectivity index (χ2v) is 5.09. The van der Waals surface area contributed by atoms with Gasteiger partial charge in [0.25, 0.3) is 0 Å². The zero-order chi connectivity index (χ0) is 15.9. The minimum atomic E-state index is -0.387. The largest absolute Gasteiger partial charge is 0.506 e. The van der Waals surface area contributed by atoms with Crippen molar-refractivity contribution in [2.45, 2.75) is 19.9 Å². The third kappa shape index (κ3) is 3.79. The number of esters is 1. The molecule has 0 bridgehead atoms. The molecule has 0 saturated heterocycles. The number of hydrogen-bond donors (Lipinski definition) is 2. The Bertz CT molecular complexity index is 613. The van der Waals surface area contributed by atoms with E-state index >= 15 is 0 Å². The van der Waals surface area contributed by atoms with Gasteiger partial charge in [0.1, 0.15) is 5.75 Å². The third-order valence-corrected chi connectivity index (χ3v) is 3.53. The second kappa shape index (κ2) is 7.50. The molecule has 2 aromatic rings. The normalized spacial score (nSPS) is 13.2. The topological polar surface area (TPSA) is 58.6 Å². The van der Waals surface area contributed by atoms with E-state index in [-0.39, 0.29) is 23.7 Å². The van der Waals surface area contributed by atoms with Gasteiger partial charge in [-0.25, -0.2) is 0 Å². The van der Waals surface area contributed by atoms with Crippen molar-refractivity contribution in [2.24, 2.45) is 5.92 Å². The minimum absolute atomic E-state index is 0.152. The molecule has 116 valence electrons. The summed E-state index contributed by atoms with van der Waals surface area (Å²) in [4.78, 5) is 12.1.